The van der Waals surface area contributed by atoms with Crippen LogP contribution in [0.2, 0.25) is 0 Å². The van der Waals surface area contributed by atoms with Crippen molar-refractivity contribution in [1.29, 1.82) is 0 Å². The van der Waals surface area contributed by atoms with Gasteiger partial charge >= 0.3 is 6.01 Å². The first-order chi connectivity index (χ1) is 19.4. The number of aliphatic hydroxyl groups excluding tert-OH is 2. The second-order valence-electron chi connectivity index (χ2n) is 9.54. The maximum absolute atomic E-state index is 13.9. The standard InChI is InChI=1S/C27H32F2N4O7S/c1-3-4-10-20(30-25(36)17-8-6-5-7-9-17)23(34)24(35)21(13-16-11-18(28)14-19(29)12-16)31-26(37)22-15-40-27(32-22)33-41(2,38)39/h5-9,11-12,14-15,20-21,23-24,34-35H,3-4,10,13H2,1-2H3,(H,30,36)(H,31,37)(H,32,33). The molecule has 2 aromatic carbocycles. The van der Waals surface area contributed by atoms with Gasteiger partial charge in [-0.25, -0.2) is 21.9 Å². The van der Waals surface area contributed by atoms with E-state index in [4.69, 9.17) is 4.42 Å². The first-order valence-corrected chi connectivity index (χ1v) is 14.7. The molecular weight excluding hydrogens is 562 g/mol. The van der Waals surface area contributed by atoms with E-state index in [1.807, 2.05) is 11.6 Å². The zero-order valence-corrected chi connectivity index (χ0v) is 23.2. The van der Waals surface area contributed by atoms with E-state index < -0.39 is 63.8 Å². The molecule has 0 saturated carbocycles. The molecule has 1 aromatic heterocycles. The Morgan fingerprint density at radius 1 is 0.976 bits per heavy atom. The summed E-state index contributed by atoms with van der Waals surface area (Å²) in [6.45, 7) is 1.91. The van der Waals surface area contributed by atoms with Gasteiger partial charge in [0.25, 0.3) is 11.8 Å². The van der Waals surface area contributed by atoms with Crippen LogP contribution >= 0.6 is 0 Å². The lowest BCUT2D eigenvalue weighted by Gasteiger charge is -2.33. The molecule has 4 atom stereocenters. The second-order valence-corrected chi connectivity index (χ2v) is 11.3. The van der Waals surface area contributed by atoms with Crippen LogP contribution < -0.4 is 15.4 Å². The molecular formula is C27H32F2N4O7S. The van der Waals surface area contributed by atoms with Crippen LogP contribution in [-0.2, 0) is 16.4 Å². The average Bonchev–Trinajstić information content (AvgIpc) is 3.36. The molecule has 0 aliphatic heterocycles. The number of aliphatic hydroxyl groups is 2. The fourth-order valence-corrected chi connectivity index (χ4v) is 4.55. The van der Waals surface area contributed by atoms with E-state index >= 15 is 0 Å². The third-order valence-electron chi connectivity index (χ3n) is 6.10. The highest BCUT2D eigenvalue weighted by Gasteiger charge is 2.35. The minimum absolute atomic E-state index is 0.0667. The number of halogens is 2. The molecule has 0 aliphatic rings. The first kappa shape index (κ1) is 31.6. The number of carbonyl (C=O) groups is 2. The molecule has 4 unspecified atom stereocenters. The van der Waals surface area contributed by atoms with Crippen LogP contribution in [0.3, 0.4) is 0 Å². The highest BCUT2D eigenvalue weighted by Crippen LogP contribution is 2.18. The molecule has 5 N–H and O–H groups in total. The van der Waals surface area contributed by atoms with Crippen LogP contribution in [0.4, 0.5) is 14.8 Å². The molecule has 41 heavy (non-hydrogen) atoms. The molecule has 0 spiro atoms. The fraction of sp³-hybridized carbons (Fsp3) is 0.370. The average molecular weight is 595 g/mol. The SMILES string of the molecule is CCCCC(NC(=O)c1ccccc1)C(O)C(O)C(Cc1cc(F)cc(F)c1)NC(=O)c1coc(NS(C)(=O)=O)n1. The molecule has 0 bridgehead atoms. The van der Waals surface area contributed by atoms with Crippen LogP contribution in [0.1, 0.15) is 52.6 Å². The predicted octanol–water partition coefficient (Wildman–Crippen LogP) is 2.38. The molecule has 14 heteroatoms. The van der Waals surface area contributed by atoms with Crippen LogP contribution in [0, 0.1) is 11.6 Å². The largest absolute Gasteiger partial charge is 0.431 e. The van der Waals surface area contributed by atoms with Crippen LogP contribution in [-0.4, -0.2) is 66.0 Å². The number of aromatic nitrogens is 1. The number of benzene rings is 2. The van der Waals surface area contributed by atoms with Crippen molar-refractivity contribution in [3.63, 3.8) is 0 Å². The minimum Gasteiger partial charge on any atom is -0.431 e. The van der Waals surface area contributed by atoms with Crippen LogP contribution in [0.25, 0.3) is 0 Å². The van der Waals surface area contributed by atoms with Gasteiger partial charge in [0.15, 0.2) is 5.69 Å². The van der Waals surface area contributed by atoms with Gasteiger partial charge in [0.05, 0.1) is 18.3 Å². The number of amides is 2. The van der Waals surface area contributed by atoms with Gasteiger partial charge in [-0.15, -0.1) is 0 Å². The number of anilines is 1. The lowest BCUT2D eigenvalue weighted by molar-refractivity contribution is -0.0238. The number of nitrogens with one attached hydrogen (secondary N) is 3. The van der Waals surface area contributed by atoms with Crippen LogP contribution in [0.5, 0.6) is 0 Å². The van der Waals surface area contributed by atoms with Gasteiger partial charge in [-0.2, -0.15) is 4.98 Å². The van der Waals surface area contributed by atoms with E-state index in [0.29, 0.717) is 18.1 Å². The molecule has 11 nitrogen and oxygen atoms in total. The van der Waals surface area contributed by atoms with E-state index in [0.717, 1.165) is 31.1 Å². The summed E-state index contributed by atoms with van der Waals surface area (Å²) in [5.41, 5.74) is 0.0329. The van der Waals surface area contributed by atoms with Gasteiger partial charge in [0.1, 0.15) is 30.1 Å². The van der Waals surface area contributed by atoms with Gasteiger partial charge in [-0.05, 0) is 42.7 Å². The third-order valence-corrected chi connectivity index (χ3v) is 6.64. The first-order valence-electron chi connectivity index (χ1n) is 12.8. The van der Waals surface area contributed by atoms with E-state index in [1.54, 1.807) is 30.3 Å². The fourth-order valence-electron chi connectivity index (χ4n) is 4.14. The highest BCUT2D eigenvalue weighted by molar-refractivity contribution is 7.91. The van der Waals surface area contributed by atoms with Gasteiger partial charge in [0, 0.05) is 11.6 Å². The molecule has 0 aliphatic carbocycles. The summed E-state index contributed by atoms with van der Waals surface area (Å²) in [5, 5.41) is 27.6. The van der Waals surface area contributed by atoms with Gasteiger partial charge < -0.3 is 25.3 Å². The molecule has 0 saturated heterocycles. The molecule has 0 radical (unpaired) electrons. The topological polar surface area (TPSA) is 171 Å². The van der Waals surface area contributed by atoms with Crippen molar-refractivity contribution in [2.75, 3.05) is 11.0 Å². The summed E-state index contributed by atoms with van der Waals surface area (Å²) in [5.74, 6) is -3.19. The van der Waals surface area contributed by atoms with Crippen LogP contribution in [0.15, 0.2) is 59.2 Å². The number of sulfonamides is 1. The Hall–Kier alpha value is -3.88. The zero-order valence-electron chi connectivity index (χ0n) is 22.4. The minimum atomic E-state index is -3.75. The van der Waals surface area contributed by atoms with Crippen molar-refractivity contribution in [2.24, 2.45) is 0 Å². The molecule has 2 amide bonds. The van der Waals surface area contributed by atoms with Crippen molar-refractivity contribution in [2.45, 2.75) is 56.9 Å². The molecule has 0 fully saturated rings. The summed E-state index contributed by atoms with van der Waals surface area (Å²) in [6.07, 6.45) is -0.348. The summed E-state index contributed by atoms with van der Waals surface area (Å²) in [6, 6.07) is 8.17. The second kappa shape index (κ2) is 14.1. The van der Waals surface area contributed by atoms with Crippen molar-refractivity contribution < 1.29 is 41.4 Å². The quantitative estimate of drug-likeness (QED) is 0.189. The number of hydrogen-bond donors (Lipinski definition) is 5. The lowest BCUT2D eigenvalue weighted by atomic mass is 9.91. The Kier molecular flexibility index (Phi) is 10.9. The van der Waals surface area contributed by atoms with E-state index in [1.165, 1.54) is 0 Å². The third kappa shape index (κ3) is 9.62. The summed E-state index contributed by atoms with van der Waals surface area (Å²) >= 11 is 0. The van der Waals surface area contributed by atoms with Gasteiger partial charge in [-0.3, -0.25) is 9.59 Å². The Balaban J connectivity index is 1.87. The highest BCUT2D eigenvalue weighted by atomic mass is 32.2. The Labute approximate surface area is 236 Å². The smallest absolute Gasteiger partial charge is 0.309 e. The van der Waals surface area contributed by atoms with E-state index in [-0.39, 0.29) is 24.1 Å². The molecule has 1 heterocycles. The zero-order chi connectivity index (χ0) is 30.2. The van der Waals surface area contributed by atoms with Gasteiger partial charge in [0.2, 0.25) is 10.0 Å². The monoisotopic (exact) mass is 594 g/mol. The van der Waals surface area contributed by atoms with E-state index in [9.17, 15) is 37.0 Å². The van der Waals surface area contributed by atoms with Crippen molar-refractivity contribution in [3.8, 4) is 0 Å². The number of carbonyl (C=O) groups excluding carboxylic acids is 2. The van der Waals surface area contributed by atoms with Crippen molar-refractivity contribution in [1.82, 2.24) is 15.6 Å². The lowest BCUT2D eigenvalue weighted by Crippen LogP contribution is -2.56. The number of nitrogens with zero attached hydrogens (tertiary/aromatic N) is 1. The number of hydrogen-bond acceptors (Lipinski definition) is 8. The number of oxazole rings is 1. The maximum atomic E-state index is 13.9. The molecule has 3 rings (SSSR count). The Morgan fingerprint density at radius 2 is 1.59 bits per heavy atom. The predicted molar refractivity (Wildman–Crippen MR) is 146 cm³/mol. The molecule has 222 valence electrons. The Bertz CT molecular complexity index is 1420. The van der Waals surface area contributed by atoms with Crippen molar-refractivity contribution in [3.05, 3.63) is 83.2 Å². The summed E-state index contributed by atoms with van der Waals surface area (Å²) < 4.78 is 57.6. The molecule has 3 aromatic rings. The number of unbranched alkanes of at least 4 members (excludes halogenated alkanes) is 1. The summed E-state index contributed by atoms with van der Waals surface area (Å²) in [7, 11) is -3.75. The van der Waals surface area contributed by atoms with Crippen molar-refractivity contribution >= 4 is 27.9 Å². The normalized spacial score (nSPS) is 14.5. The maximum Gasteiger partial charge on any atom is 0.309 e. The summed E-state index contributed by atoms with van der Waals surface area (Å²) in [4.78, 5) is 29.5. The Morgan fingerprint density at radius 3 is 2.20 bits per heavy atom. The number of rotatable bonds is 14. The van der Waals surface area contributed by atoms with Gasteiger partial charge in [-0.1, -0.05) is 38.0 Å². The van der Waals surface area contributed by atoms with E-state index in [2.05, 4.69) is 15.6 Å².